The lowest BCUT2D eigenvalue weighted by molar-refractivity contribution is -0.118. The van der Waals surface area contributed by atoms with Crippen molar-refractivity contribution in [2.45, 2.75) is 25.7 Å². The number of aromatic amines is 1. The van der Waals surface area contributed by atoms with Gasteiger partial charge in [-0.15, -0.1) is 0 Å². The Morgan fingerprint density at radius 1 is 1.19 bits per heavy atom. The first-order valence-corrected chi connectivity index (χ1v) is 10.4. The maximum Gasteiger partial charge on any atom is 0.250 e. The van der Waals surface area contributed by atoms with Gasteiger partial charge in [0.25, 0.3) is 5.56 Å². The third kappa shape index (κ3) is 5.59. The molecule has 2 aromatic heterocycles. The molecule has 3 rings (SSSR count). The van der Waals surface area contributed by atoms with Crippen LogP contribution in [0.1, 0.15) is 25.7 Å². The van der Waals surface area contributed by atoms with Gasteiger partial charge in [-0.25, -0.2) is 0 Å². The van der Waals surface area contributed by atoms with E-state index >= 15 is 0 Å². The molecule has 8 nitrogen and oxygen atoms in total. The number of fused-ring (bicyclic) bond motifs is 1. The molecule has 10 heteroatoms. The number of nitrogens with one attached hydrogen (secondary N) is 2. The number of anilines is 2. The maximum absolute atomic E-state index is 12.4. The second kappa shape index (κ2) is 10.4. The van der Waals surface area contributed by atoms with E-state index < -0.39 is 0 Å². The third-order valence-corrected chi connectivity index (χ3v) is 5.16. The Hall–Kier alpha value is -2.97. The van der Waals surface area contributed by atoms with Crippen LogP contribution in [0.2, 0.25) is 10.0 Å². The van der Waals surface area contributed by atoms with Crippen LogP contribution in [-0.2, 0) is 4.79 Å². The van der Waals surface area contributed by atoms with Crippen LogP contribution in [0.4, 0.5) is 11.4 Å². The van der Waals surface area contributed by atoms with Crippen LogP contribution in [0.3, 0.4) is 0 Å². The number of rotatable bonds is 10. The number of nitrogens with two attached hydrogens (primary N) is 1. The Morgan fingerprint density at radius 2 is 1.94 bits per heavy atom. The summed E-state index contributed by atoms with van der Waals surface area (Å²) in [6.45, 7) is 0.385. The zero-order valence-corrected chi connectivity index (χ0v) is 18.3. The zero-order chi connectivity index (χ0) is 22.4. The van der Waals surface area contributed by atoms with Gasteiger partial charge in [-0.05, 0) is 31.4 Å². The number of aromatic nitrogens is 2. The lowest BCUT2D eigenvalue weighted by Gasteiger charge is -2.16. The summed E-state index contributed by atoms with van der Waals surface area (Å²) in [5.41, 5.74) is 6.24. The molecule has 0 saturated carbocycles. The molecule has 0 aliphatic rings. The number of unbranched alkanes of at least 4 members (excludes halogenated alkanes) is 2. The van der Waals surface area contributed by atoms with Gasteiger partial charge in [0.1, 0.15) is 0 Å². The van der Waals surface area contributed by atoms with E-state index in [2.05, 4.69) is 15.3 Å². The molecule has 164 valence electrons. The van der Waals surface area contributed by atoms with Crippen LogP contribution in [0.5, 0.6) is 11.5 Å². The molecule has 1 aromatic carbocycles. The summed E-state index contributed by atoms with van der Waals surface area (Å²) in [5.74, 6) is 0.587. The number of ether oxygens (including phenoxy) is 2. The Kier molecular flexibility index (Phi) is 7.59. The molecule has 0 spiro atoms. The predicted octanol–water partition coefficient (Wildman–Crippen LogP) is 4.41. The molecule has 31 heavy (non-hydrogen) atoms. The first kappa shape index (κ1) is 22.7. The molecular formula is C21H22Cl2N4O4. The number of pyridine rings is 2. The minimum absolute atomic E-state index is 0.316. The minimum Gasteiger partial charge on any atom is -0.493 e. The van der Waals surface area contributed by atoms with Crippen molar-refractivity contribution in [1.82, 2.24) is 9.97 Å². The lowest BCUT2D eigenvalue weighted by Crippen LogP contribution is -2.10. The van der Waals surface area contributed by atoms with E-state index in [0.29, 0.717) is 63.3 Å². The summed E-state index contributed by atoms with van der Waals surface area (Å²) in [6, 6.07) is 4.97. The molecule has 2 heterocycles. The molecule has 0 bridgehead atoms. The van der Waals surface area contributed by atoms with E-state index in [1.807, 2.05) is 0 Å². The fraction of sp³-hybridized carbons (Fsp3) is 0.286. The number of benzene rings is 1. The predicted molar refractivity (Wildman–Crippen MR) is 122 cm³/mol. The van der Waals surface area contributed by atoms with Crippen molar-refractivity contribution < 1.29 is 14.3 Å². The van der Waals surface area contributed by atoms with Gasteiger partial charge in [0, 0.05) is 30.3 Å². The number of primary amides is 1. The summed E-state index contributed by atoms with van der Waals surface area (Å²) in [6.07, 6.45) is 5.47. The molecule has 0 fully saturated rings. The highest BCUT2D eigenvalue weighted by Crippen LogP contribution is 2.39. The Morgan fingerprint density at radius 3 is 2.61 bits per heavy atom. The van der Waals surface area contributed by atoms with Crippen molar-refractivity contribution in [3.8, 4) is 11.5 Å². The van der Waals surface area contributed by atoms with Crippen LogP contribution < -0.4 is 26.1 Å². The van der Waals surface area contributed by atoms with Crippen molar-refractivity contribution in [3.63, 3.8) is 0 Å². The van der Waals surface area contributed by atoms with Crippen molar-refractivity contribution in [1.29, 1.82) is 0 Å². The Balaban J connectivity index is 1.92. The van der Waals surface area contributed by atoms with Gasteiger partial charge in [0.05, 0.1) is 40.7 Å². The highest BCUT2D eigenvalue weighted by Gasteiger charge is 2.16. The molecule has 3 aromatic rings. The second-order valence-corrected chi connectivity index (χ2v) is 7.61. The Labute approximate surface area is 188 Å². The van der Waals surface area contributed by atoms with Gasteiger partial charge in [0.2, 0.25) is 5.91 Å². The van der Waals surface area contributed by atoms with Crippen molar-refractivity contribution >= 4 is 51.4 Å². The van der Waals surface area contributed by atoms with Gasteiger partial charge in [-0.2, -0.15) is 0 Å². The average molecular weight is 465 g/mol. The number of hydrogen-bond acceptors (Lipinski definition) is 6. The van der Waals surface area contributed by atoms with E-state index in [1.54, 1.807) is 12.1 Å². The fourth-order valence-electron chi connectivity index (χ4n) is 3.11. The molecule has 0 unspecified atom stereocenters. The smallest absolute Gasteiger partial charge is 0.250 e. The minimum atomic E-state index is -0.337. The first-order valence-electron chi connectivity index (χ1n) is 9.62. The zero-order valence-electron chi connectivity index (χ0n) is 16.8. The highest BCUT2D eigenvalue weighted by atomic mass is 35.5. The summed E-state index contributed by atoms with van der Waals surface area (Å²) >= 11 is 12.4. The molecule has 0 radical (unpaired) electrons. The van der Waals surface area contributed by atoms with Crippen molar-refractivity contribution in [2.24, 2.45) is 5.73 Å². The van der Waals surface area contributed by atoms with Crippen molar-refractivity contribution in [3.05, 3.63) is 51.0 Å². The van der Waals surface area contributed by atoms with Crippen LogP contribution >= 0.6 is 23.2 Å². The summed E-state index contributed by atoms with van der Waals surface area (Å²) in [7, 11) is 1.53. The Bertz CT molecular complexity index is 1130. The maximum atomic E-state index is 12.4. The van der Waals surface area contributed by atoms with Crippen molar-refractivity contribution in [2.75, 3.05) is 19.0 Å². The van der Waals surface area contributed by atoms with Crippen LogP contribution in [0, 0.1) is 0 Å². The van der Waals surface area contributed by atoms with E-state index in [0.717, 1.165) is 12.8 Å². The van der Waals surface area contributed by atoms with Gasteiger partial charge in [-0.1, -0.05) is 23.2 Å². The topological polar surface area (TPSA) is 119 Å². The monoisotopic (exact) mass is 464 g/mol. The SMILES string of the molecule is COc1ccc2c(Nc3c(Cl)cncc3Cl)cc(=O)[nH]c2c1OCCCCCC(N)=O. The fourth-order valence-corrected chi connectivity index (χ4v) is 3.56. The van der Waals surface area contributed by atoms with Gasteiger partial charge < -0.3 is 25.5 Å². The van der Waals surface area contributed by atoms with E-state index in [-0.39, 0.29) is 11.5 Å². The number of carbonyl (C=O) groups excluding carboxylic acids is 1. The summed E-state index contributed by atoms with van der Waals surface area (Å²) in [4.78, 5) is 30.0. The summed E-state index contributed by atoms with van der Waals surface area (Å²) < 4.78 is 11.4. The third-order valence-electron chi connectivity index (χ3n) is 4.58. The number of amides is 1. The summed E-state index contributed by atoms with van der Waals surface area (Å²) in [5, 5.41) is 4.45. The molecule has 0 saturated heterocycles. The molecule has 0 aliphatic heterocycles. The van der Waals surface area contributed by atoms with Crippen LogP contribution in [0.25, 0.3) is 10.9 Å². The molecule has 1 amide bonds. The quantitative estimate of drug-likeness (QED) is 0.382. The van der Waals surface area contributed by atoms with E-state index in [4.69, 9.17) is 38.4 Å². The average Bonchev–Trinajstić information content (AvgIpc) is 2.72. The van der Waals surface area contributed by atoms with Gasteiger partial charge in [0.15, 0.2) is 11.5 Å². The van der Waals surface area contributed by atoms with Crippen LogP contribution in [-0.4, -0.2) is 29.6 Å². The largest absolute Gasteiger partial charge is 0.493 e. The standard InChI is InChI=1S/C21H22Cl2N4O4/c1-30-16-7-6-12-15(26-20-13(22)10-25-11-14(20)23)9-18(29)27-19(12)21(16)31-8-4-2-3-5-17(24)28/h6-7,9-11H,2-5,8H2,1H3,(H2,24,28)(H2,25,26,27,29). The number of nitrogens with zero attached hydrogens (tertiary/aromatic N) is 1. The van der Waals surface area contributed by atoms with E-state index in [1.165, 1.54) is 25.6 Å². The molecule has 0 aliphatic carbocycles. The number of carbonyl (C=O) groups is 1. The second-order valence-electron chi connectivity index (χ2n) is 6.80. The molecular weight excluding hydrogens is 443 g/mol. The van der Waals surface area contributed by atoms with Gasteiger partial charge in [-0.3, -0.25) is 14.6 Å². The number of H-pyrrole nitrogens is 1. The number of halogens is 2. The highest BCUT2D eigenvalue weighted by molar-refractivity contribution is 6.39. The lowest BCUT2D eigenvalue weighted by atomic mass is 10.1. The first-order chi connectivity index (χ1) is 14.9. The molecule has 4 N–H and O–H groups in total. The molecule has 0 atom stereocenters. The van der Waals surface area contributed by atoms with E-state index in [9.17, 15) is 9.59 Å². The van der Waals surface area contributed by atoms with Crippen LogP contribution in [0.15, 0.2) is 35.4 Å². The number of hydrogen-bond donors (Lipinski definition) is 3. The normalized spacial score (nSPS) is 10.8. The van der Waals surface area contributed by atoms with Gasteiger partial charge >= 0.3 is 0 Å². The number of methoxy groups -OCH3 is 1.